The van der Waals surface area contributed by atoms with Gasteiger partial charge in [-0.05, 0) is 50.4 Å². The third kappa shape index (κ3) is 2.86. The largest absolute Gasteiger partial charge is 0.359 e. The number of hydrogen-bond donors (Lipinski definition) is 1. The molecule has 120 valence electrons. The van der Waals surface area contributed by atoms with Gasteiger partial charge in [-0.3, -0.25) is 9.69 Å². The molecule has 0 atom stereocenters. The van der Waals surface area contributed by atoms with Crippen molar-refractivity contribution >= 4 is 5.91 Å². The van der Waals surface area contributed by atoms with Crippen LogP contribution >= 0.6 is 0 Å². The number of halogens is 2. The molecule has 1 saturated heterocycles. The van der Waals surface area contributed by atoms with Gasteiger partial charge in [0.25, 0.3) is 0 Å². The van der Waals surface area contributed by atoms with Crippen molar-refractivity contribution in [3.05, 3.63) is 35.1 Å². The molecule has 1 aromatic carbocycles. The van der Waals surface area contributed by atoms with Crippen LogP contribution in [0.3, 0.4) is 0 Å². The molecule has 3 rings (SSSR count). The van der Waals surface area contributed by atoms with Crippen LogP contribution in [-0.4, -0.2) is 30.9 Å². The standard InChI is InChI=1S/C17H22F2N2O/c1-20-16(22)13-9-17(19,10-13)14-5-4-12(15(18)8-14)11-21-6-2-3-7-21/h4-5,8,13H,2-3,6-7,9-11H2,1H3,(H,20,22)/t13-,17-. The third-order valence-electron chi connectivity index (χ3n) is 4.92. The average Bonchev–Trinajstić information content (AvgIpc) is 2.98. The van der Waals surface area contributed by atoms with E-state index >= 15 is 0 Å². The van der Waals surface area contributed by atoms with Crippen molar-refractivity contribution < 1.29 is 13.6 Å². The number of amides is 1. The Kier molecular flexibility index (Phi) is 4.17. The highest BCUT2D eigenvalue weighted by molar-refractivity contribution is 5.79. The summed E-state index contributed by atoms with van der Waals surface area (Å²) in [5, 5.41) is 2.53. The lowest BCUT2D eigenvalue weighted by molar-refractivity contribution is -0.134. The Morgan fingerprint density at radius 2 is 2.05 bits per heavy atom. The SMILES string of the molecule is CNC(=O)[C@H]1C[C@@](F)(c2ccc(CN3CCCC3)c(F)c2)C1. The molecular formula is C17H22F2N2O. The first-order chi connectivity index (χ1) is 10.5. The molecule has 22 heavy (non-hydrogen) atoms. The number of likely N-dealkylation sites (tertiary alicyclic amines) is 1. The van der Waals surface area contributed by atoms with E-state index in [0.717, 1.165) is 25.9 Å². The maximum atomic E-state index is 14.7. The zero-order valence-electron chi connectivity index (χ0n) is 12.9. The Morgan fingerprint density at radius 3 is 2.64 bits per heavy atom. The van der Waals surface area contributed by atoms with E-state index in [1.807, 2.05) is 0 Å². The molecule has 1 aromatic rings. The monoisotopic (exact) mass is 308 g/mol. The molecule has 1 aliphatic heterocycles. The van der Waals surface area contributed by atoms with Gasteiger partial charge in [-0.1, -0.05) is 12.1 Å². The van der Waals surface area contributed by atoms with Gasteiger partial charge in [-0.2, -0.15) is 0 Å². The smallest absolute Gasteiger partial charge is 0.223 e. The molecule has 0 spiro atoms. The molecule has 1 aliphatic carbocycles. The van der Waals surface area contributed by atoms with Crippen molar-refractivity contribution in [2.45, 2.75) is 37.9 Å². The summed E-state index contributed by atoms with van der Waals surface area (Å²) in [6.07, 6.45) is 2.59. The lowest BCUT2D eigenvalue weighted by Crippen LogP contribution is -2.45. The van der Waals surface area contributed by atoms with Crippen molar-refractivity contribution in [3.8, 4) is 0 Å². The zero-order chi connectivity index (χ0) is 15.7. The maximum Gasteiger partial charge on any atom is 0.223 e. The van der Waals surface area contributed by atoms with Gasteiger partial charge in [0.2, 0.25) is 5.91 Å². The number of carbonyl (C=O) groups excluding carboxylic acids is 1. The van der Waals surface area contributed by atoms with E-state index in [4.69, 9.17) is 0 Å². The molecule has 1 heterocycles. The van der Waals surface area contributed by atoms with E-state index in [0.29, 0.717) is 17.7 Å². The minimum Gasteiger partial charge on any atom is -0.359 e. The molecule has 0 unspecified atom stereocenters. The van der Waals surface area contributed by atoms with Crippen LogP contribution in [0.15, 0.2) is 18.2 Å². The molecule has 1 N–H and O–H groups in total. The third-order valence-corrected chi connectivity index (χ3v) is 4.92. The number of hydrogen-bond acceptors (Lipinski definition) is 2. The molecule has 3 nitrogen and oxygen atoms in total. The number of carbonyl (C=O) groups is 1. The van der Waals surface area contributed by atoms with Gasteiger partial charge in [-0.15, -0.1) is 0 Å². The quantitative estimate of drug-likeness (QED) is 0.927. The van der Waals surface area contributed by atoms with E-state index in [2.05, 4.69) is 10.2 Å². The van der Waals surface area contributed by atoms with E-state index in [1.54, 1.807) is 19.2 Å². The van der Waals surface area contributed by atoms with Crippen LogP contribution in [0.5, 0.6) is 0 Å². The van der Waals surface area contributed by atoms with Gasteiger partial charge in [0.05, 0.1) is 0 Å². The predicted octanol–water partition coefficient (Wildman–Crippen LogP) is 2.74. The Hall–Kier alpha value is -1.49. The maximum absolute atomic E-state index is 14.7. The van der Waals surface area contributed by atoms with Crippen LogP contribution in [-0.2, 0) is 17.0 Å². The summed E-state index contributed by atoms with van der Waals surface area (Å²) >= 11 is 0. The normalized spacial score (nSPS) is 28.4. The Labute approximate surface area is 129 Å². The van der Waals surface area contributed by atoms with E-state index < -0.39 is 5.67 Å². The summed E-state index contributed by atoms with van der Waals surface area (Å²) in [4.78, 5) is 13.7. The summed E-state index contributed by atoms with van der Waals surface area (Å²) < 4.78 is 29.0. The number of benzene rings is 1. The summed E-state index contributed by atoms with van der Waals surface area (Å²) in [7, 11) is 1.55. The second-order valence-electron chi connectivity index (χ2n) is 6.47. The van der Waals surface area contributed by atoms with Crippen LogP contribution in [0.4, 0.5) is 8.78 Å². The first-order valence-corrected chi connectivity index (χ1v) is 7.93. The first-order valence-electron chi connectivity index (χ1n) is 7.93. The molecular weight excluding hydrogens is 286 g/mol. The van der Waals surface area contributed by atoms with Gasteiger partial charge in [0.1, 0.15) is 11.5 Å². The number of nitrogens with zero attached hydrogens (tertiary/aromatic N) is 1. The van der Waals surface area contributed by atoms with Gasteiger partial charge >= 0.3 is 0 Å². The van der Waals surface area contributed by atoms with Crippen LogP contribution in [0, 0.1) is 11.7 Å². The van der Waals surface area contributed by atoms with E-state index in [9.17, 15) is 13.6 Å². The Bertz CT molecular complexity index is 564. The molecule has 2 fully saturated rings. The summed E-state index contributed by atoms with van der Waals surface area (Å²) in [6, 6.07) is 4.68. The zero-order valence-corrected chi connectivity index (χ0v) is 12.9. The Morgan fingerprint density at radius 1 is 1.36 bits per heavy atom. The van der Waals surface area contributed by atoms with Crippen molar-refractivity contribution in [2.24, 2.45) is 5.92 Å². The van der Waals surface area contributed by atoms with Gasteiger partial charge in [0, 0.05) is 25.1 Å². The molecule has 1 saturated carbocycles. The summed E-state index contributed by atoms with van der Waals surface area (Å²) in [5.74, 6) is -0.786. The van der Waals surface area contributed by atoms with E-state index in [-0.39, 0.29) is 30.5 Å². The van der Waals surface area contributed by atoms with Crippen molar-refractivity contribution in [2.75, 3.05) is 20.1 Å². The lowest BCUT2D eigenvalue weighted by atomic mass is 9.68. The number of rotatable bonds is 4. The fraction of sp³-hybridized carbons (Fsp3) is 0.588. The van der Waals surface area contributed by atoms with Gasteiger partial charge < -0.3 is 5.32 Å². The molecule has 5 heteroatoms. The molecule has 0 radical (unpaired) electrons. The lowest BCUT2D eigenvalue weighted by Gasteiger charge is -2.40. The number of alkyl halides is 1. The average molecular weight is 308 g/mol. The summed E-state index contributed by atoms with van der Waals surface area (Å²) in [5.41, 5.74) is -0.587. The van der Waals surface area contributed by atoms with Gasteiger partial charge in [-0.25, -0.2) is 8.78 Å². The van der Waals surface area contributed by atoms with Crippen LogP contribution in [0.2, 0.25) is 0 Å². The van der Waals surface area contributed by atoms with Crippen LogP contribution in [0.25, 0.3) is 0 Å². The molecule has 2 aliphatic rings. The fourth-order valence-corrected chi connectivity index (χ4v) is 3.48. The predicted molar refractivity (Wildman–Crippen MR) is 80.5 cm³/mol. The van der Waals surface area contributed by atoms with Crippen molar-refractivity contribution in [1.29, 1.82) is 0 Å². The minimum atomic E-state index is -1.57. The van der Waals surface area contributed by atoms with Crippen LogP contribution < -0.4 is 5.32 Å². The second-order valence-corrected chi connectivity index (χ2v) is 6.47. The van der Waals surface area contributed by atoms with Crippen molar-refractivity contribution in [1.82, 2.24) is 10.2 Å². The van der Waals surface area contributed by atoms with E-state index in [1.165, 1.54) is 6.07 Å². The van der Waals surface area contributed by atoms with Gasteiger partial charge in [0.15, 0.2) is 0 Å². The Balaban J connectivity index is 1.68. The topological polar surface area (TPSA) is 32.3 Å². The first kappa shape index (κ1) is 15.4. The van der Waals surface area contributed by atoms with Crippen molar-refractivity contribution in [3.63, 3.8) is 0 Å². The minimum absolute atomic E-state index is 0.136. The summed E-state index contributed by atoms with van der Waals surface area (Å²) in [6.45, 7) is 2.59. The highest BCUT2D eigenvalue weighted by Crippen LogP contribution is 2.49. The molecule has 1 amide bonds. The number of nitrogens with one attached hydrogen (secondary N) is 1. The molecule has 0 bridgehead atoms. The highest BCUT2D eigenvalue weighted by Gasteiger charge is 2.49. The fourth-order valence-electron chi connectivity index (χ4n) is 3.48. The molecule has 0 aromatic heterocycles. The van der Waals surface area contributed by atoms with Crippen LogP contribution in [0.1, 0.15) is 36.8 Å². The highest BCUT2D eigenvalue weighted by atomic mass is 19.1. The second kappa shape index (κ2) is 5.95.